The van der Waals surface area contributed by atoms with Crippen LogP contribution in [0.4, 0.5) is 11.4 Å². The molecule has 64 heavy (non-hydrogen) atoms. The van der Waals surface area contributed by atoms with Crippen molar-refractivity contribution in [3.05, 3.63) is 116 Å². The number of carbonyl (C=O) groups excluding carboxylic acids is 4. The molecule has 2 unspecified atom stereocenters. The Labute approximate surface area is 380 Å². The highest BCUT2D eigenvalue weighted by atomic mass is 35.5. The van der Waals surface area contributed by atoms with Gasteiger partial charge in [-0.3, -0.25) is 34.1 Å². The maximum absolute atomic E-state index is 13.5. The van der Waals surface area contributed by atoms with Gasteiger partial charge in [0.1, 0.15) is 35.2 Å². The van der Waals surface area contributed by atoms with Crippen molar-refractivity contribution in [2.45, 2.75) is 58.6 Å². The summed E-state index contributed by atoms with van der Waals surface area (Å²) in [6, 6.07) is 17.6. The fourth-order valence-electron chi connectivity index (χ4n) is 7.75. The van der Waals surface area contributed by atoms with Crippen LogP contribution in [0.15, 0.2) is 71.7 Å². The minimum absolute atomic E-state index is 0.00462. The van der Waals surface area contributed by atoms with Gasteiger partial charge in [0, 0.05) is 63.0 Å². The summed E-state index contributed by atoms with van der Waals surface area (Å²) in [6.07, 6.45) is 0.0135. The molecule has 18 heteroatoms. The third-order valence-electron chi connectivity index (χ3n) is 11.1. The van der Waals surface area contributed by atoms with Crippen molar-refractivity contribution >= 4 is 63.7 Å². The number of carbonyl (C=O) groups is 4. The first kappa shape index (κ1) is 43.3. The number of hydrogen-bond acceptors (Lipinski definition) is 13. The Bertz CT molecular complexity index is 2620. The second-order valence-corrected chi connectivity index (χ2v) is 17.0. The highest BCUT2D eigenvalue weighted by Gasteiger charge is 2.40. The van der Waals surface area contributed by atoms with Crippen LogP contribution in [0.2, 0.25) is 5.02 Å². The first-order valence-corrected chi connectivity index (χ1v) is 22.2. The average Bonchev–Trinajstić information content (AvgIpc) is 3.92. The number of aliphatic imine (C=N–C) groups is 1. The van der Waals surface area contributed by atoms with Gasteiger partial charge in [-0.1, -0.05) is 29.8 Å². The van der Waals surface area contributed by atoms with Gasteiger partial charge >= 0.3 is 0 Å². The number of anilines is 2. The third kappa shape index (κ3) is 10.0. The van der Waals surface area contributed by atoms with E-state index in [9.17, 15) is 19.2 Å². The maximum atomic E-state index is 13.5. The van der Waals surface area contributed by atoms with E-state index in [1.165, 1.54) is 9.78 Å². The minimum Gasteiger partial charge on any atom is -0.491 e. The largest absolute Gasteiger partial charge is 0.491 e. The molecule has 3 N–H and O–H groups in total. The van der Waals surface area contributed by atoms with Crippen LogP contribution in [-0.2, 0) is 35.1 Å². The summed E-state index contributed by atoms with van der Waals surface area (Å²) in [5.41, 5.74) is 6.30. The van der Waals surface area contributed by atoms with E-state index < -0.39 is 29.8 Å². The lowest BCUT2D eigenvalue weighted by Crippen LogP contribution is -2.52. The van der Waals surface area contributed by atoms with Crippen molar-refractivity contribution in [1.29, 1.82) is 0 Å². The Balaban J connectivity index is 0.714. The number of aryl methyl sites for hydroxylation is 2. The second kappa shape index (κ2) is 20.2. The number of ether oxygens (including phenoxy) is 4. The summed E-state index contributed by atoms with van der Waals surface area (Å²) >= 11 is 7.90. The maximum Gasteiger partial charge on any atom is 0.255 e. The number of halogens is 1. The molecule has 0 spiro atoms. The van der Waals surface area contributed by atoms with Crippen LogP contribution >= 0.6 is 22.9 Å². The van der Waals surface area contributed by atoms with Crippen molar-refractivity contribution in [2.24, 2.45) is 4.99 Å². The van der Waals surface area contributed by atoms with E-state index in [2.05, 4.69) is 40.0 Å². The molecular weight excluding hydrogens is 860 g/mol. The number of imide groups is 1. The van der Waals surface area contributed by atoms with Crippen molar-refractivity contribution in [3.8, 4) is 10.8 Å². The van der Waals surface area contributed by atoms with Gasteiger partial charge in [0.25, 0.3) is 5.91 Å². The first-order chi connectivity index (χ1) is 31.4. The number of benzene rings is 3. The summed E-state index contributed by atoms with van der Waals surface area (Å²) in [6.45, 7) is 9.28. The summed E-state index contributed by atoms with van der Waals surface area (Å²) in [5, 5.41) is 19.0. The van der Waals surface area contributed by atoms with Crippen LogP contribution < -0.4 is 20.7 Å². The van der Waals surface area contributed by atoms with E-state index in [1.54, 1.807) is 47.7 Å². The SMILES string of the molecule is [2H]C1(N2Cc3c(NCCOCCOCCOCCOc4ccc(NC(=O)CC5N=C(c6ccc(Cl)cc6)c6c(sc(C)c6C)-n6c(C)nnc65)cc4)cccc3C2=O)CCC(=O)NC1=O. The molecule has 3 aliphatic rings. The summed E-state index contributed by atoms with van der Waals surface area (Å²) in [7, 11) is 0. The Morgan fingerprint density at radius 2 is 1.64 bits per heavy atom. The third-order valence-corrected chi connectivity index (χ3v) is 12.5. The number of fused-ring (bicyclic) bond motifs is 4. The molecule has 2 aromatic heterocycles. The monoisotopic (exact) mass is 909 g/mol. The van der Waals surface area contributed by atoms with Crippen molar-refractivity contribution in [3.63, 3.8) is 0 Å². The number of nitrogens with zero attached hydrogens (tertiary/aromatic N) is 5. The van der Waals surface area contributed by atoms with Crippen LogP contribution in [0.25, 0.3) is 5.00 Å². The van der Waals surface area contributed by atoms with Crippen LogP contribution in [0.1, 0.15) is 75.8 Å². The van der Waals surface area contributed by atoms with Gasteiger partial charge in [-0.15, -0.1) is 21.5 Å². The number of rotatable bonds is 19. The quantitative estimate of drug-likeness (QED) is 0.0639. The molecule has 0 bridgehead atoms. The normalized spacial score (nSPS) is 18.1. The molecule has 4 amide bonds. The molecule has 1 saturated heterocycles. The topological polar surface area (TPSA) is 188 Å². The molecular formula is C46H49ClN8O8S. The van der Waals surface area contributed by atoms with E-state index in [0.717, 1.165) is 38.9 Å². The number of piperidine rings is 1. The number of nitrogens with one attached hydrogen (secondary N) is 3. The van der Waals surface area contributed by atoms with Gasteiger partial charge in [0.15, 0.2) is 5.82 Å². The smallest absolute Gasteiger partial charge is 0.255 e. The highest BCUT2D eigenvalue weighted by Crippen LogP contribution is 2.40. The predicted molar refractivity (Wildman–Crippen MR) is 242 cm³/mol. The number of thiophene rings is 1. The molecule has 8 rings (SSSR count). The van der Waals surface area contributed by atoms with E-state index in [4.69, 9.17) is 36.9 Å². The summed E-state index contributed by atoms with van der Waals surface area (Å²) in [5.74, 6) is 0.131. The Hall–Kier alpha value is -5.98. The predicted octanol–water partition coefficient (Wildman–Crippen LogP) is 6.13. The fourth-order valence-corrected chi connectivity index (χ4v) is 9.09. The number of aromatic nitrogens is 3. The van der Waals surface area contributed by atoms with E-state index in [-0.39, 0.29) is 31.7 Å². The average molecular weight is 910 g/mol. The fraction of sp³-hybridized carbons (Fsp3) is 0.370. The zero-order valence-electron chi connectivity index (χ0n) is 36.7. The zero-order valence-corrected chi connectivity index (χ0v) is 37.3. The van der Waals surface area contributed by atoms with Gasteiger partial charge in [0.2, 0.25) is 17.7 Å². The van der Waals surface area contributed by atoms with Crippen molar-refractivity contribution in [2.75, 3.05) is 63.4 Å². The van der Waals surface area contributed by atoms with Crippen LogP contribution in [0.3, 0.4) is 0 Å². The Morgan fingerprint density at radius 1 is 0.922 bits per heavy atom. The summed E-state index contributed by atoms with van der Waals surface area (Å²) in [4.78, 5) is 58.4. The van der Waals surface area contributed by atoms with Gasteiger partial charge in [0.05, 0.1) is 53.1 Å². The van der Waals surface area contributed by atoms with Gasteiger partial charge < -0.3 is 34.5 Å². The lowest BCUT2D eigenvalue weighted by atomic mass is 9.99. The number of hydrogen-bond donors (Lipinski definition) is 3. The van der Waals surface area contributed by atoms with Crippen LogP contribution in [0.5, 0.6) is 5.75 Å². The minimum atomic E-state index is -1.83. The first-order valence-electron chi connectivity index (χ1n) is 21.6. The number of amides is 4. The standard InChI is InChI=1S/C46H49ClN8O8S/c1-27-28(2)64-46-41(27)42(30-7-9-31(47)10-8-30)50-37(43-53-52-29(3)55(43)46)25-40(57)49-32-11-13-33(14-12-32)63-24-23-62-22-21-61-20-19-60-18-17-48-36-6-4-5-34-35(36)26-54(45(34)59)38-15-16-39(56)51-44(38)58/h4-14,37-38,48H,15-26H2,1-3H3,(H,49,57)(H,51,56,58)/i38D. The van der Waals surface area contributed by atoms with Crippen molar-refractivity contribution in [1.82, 2.24) is 25.0 Å². The van der Waals surface area contributed by atoms with Gasteiger partial charge in [-0.25, -0.2) is 0 Å². The van der Waals surface area contributed by atoms with E-state index in [1.807, 2.05) is 41.8 Å². The van der Waals surface area contributed by atoms with Gasteiger partial charge in [-0.2, -0.15) is 0 Å². The molecule has 1 fully saturated rings. The van der Waals surface area contributed by atoms with Crippen LogP contribution in [0, 0.1) is 20.8 Å². The molecule has 2 atom stereocenters. The zero-order chi connectivity index (χ0) is 45.7. The van der Waals surface area contributed by atoms with E-state index >= 15 is 0 Å². The van der Waals surface area contributed by atoms with Crippen LogP contribution in [-0.4, -0.2) is 108 Å². The molecule has 0 aliphatic carbocycles. The molecule has 5 aromatic rings. The molecule has 0 radical (unpaired) electrons. The Kier molecular flexibility index (Phi) is 13.7. The van der Waals surface area contributed by atoms with Crippen molar-refractivity contribution < 1.29 is 39.5 Å². The molecule has 5 heterocycles. The second-order valence-electron chi connectivity index (χ2n) is 15.3. The molecule has 334 valence electrons. The molecule has 0 saturated carbocycles. The van der Waals surface area contributed by atoms with E-state index in [0.29, 0.717) is 86.2 Å². The van der Waals surface area contributed by atoms with Gasteiger partial charge in [-0.05, 0) is 81.3 Å². The highest BCUT2D eigenvalue weighted by molar-refractivity contribution is 7.15. The molecule has 3 aliphatic heterocycles. The summed E-state index contributed by atoms with van der Waals surface area (Å²) < 4.78 is 33.5. The lowest BCUT2D eigenvalue weighted by Gasteiger charge is -2.29. The molecule has 16 nitrogen and oxygen atoms in total. The lowest BCUT2D eigenvalue weighted by molar-refractivity contribution is -0.137. The Morgan fingerprint density at radius 3 is 2.38 bits per heavy atom. The molecule has 3 aromatic carbocycles.